The van der Waals surface area contributed by atoms with Crippen LogP contribution in [-0.2, 0) is 6.42 Å². The molecule has 3 rings (SSSR count). The molecule has 0 spiro atoms. The van der Waals surface area contributed by atoms with E-state index < -0.39 is 5.91 Å². The summed E-state index contributed by atoms with van der Waals surface area (Å²) in [6.45, 7) is 0. The fourth-order valence-corrected chi connectivity index (χ4v) is 2.72. The Balaban J connectivity index is 1.89. The quantitative estimate of drug-likeness (QED) is 0.577. The highest BCUT2D eigenvalue weighted by Gasteiger charge is 2.18. The number of nitrogens with one attached hydrogen (secondary N) is 1. The van der Waals surface area contributed by atoms with E-state index >= 15 is 0 Å². The molecule has 2 aromatic carbocycles. The SMILES string of the molecule is NC(=O)c1c(N=Cc2ccc(O)cc2)n[nH]c1Cc1ccc(Cl)c(Cl)c1. The lowest BCUT2D eigenvalue weighted by Gasteiger charge is -2.03. The van der Waals surface area contributed by atoms with E-state index in [9.17, 15) is 9.90 Å². The summed E-state index contributed by atoms with van der Waals surface area (Å²) < 4.78 is 0. The number of primary amides is 1. The van der Waals surface area contributed by atoms with E-state index in [0.717, 1.165) is 11.1 Å². The number of carbonyl (C=O) groups excluding carboxylic acids is 1. The number of aromatic nitrogens is 2. The van der Waals surface area contributed by atoms with Crippen molar-refractivity contribution in [1.29, 1.82) is 0 Å². The average Bonchev–Trinajstić information content (AvgIpc) is 3.00. The average molecular weight is 389 g/mol. The number of phenols is 1. The molecule has 26 heavy (non-hydrogen) atoms. The third-order valence-corrected chi connectivity index (χ3v) is 4.40. The molecule has 0 saturated heterocycles. The van der Waals surface area contributed by atoms with E-state index in [-0.39, 0.29) is 17.1 Å². The Morgan fingerprint density at radius 1 is 1.19 bits per heavy atom. The molecule has 6 nitrogen and oxygen atoms in total. The molecule has 0 aliphatic carbocycles. The topological polar surface area (TPSA) is 104 Å². The van der Waals surface area contributed by atoms with E-state index in [1.165, 1.54) is 18.3 Å². The van der Waals surface area contributed by atoms with Gasteiger partial charge >= 0.3 is 0 Å². The zero-order valence-corrected chi connectivity index (χ0v) is 14.9. The van der Waals surface area contributed by atoms with Gasteiger partial charge in [0, 0.05) is 12.6 Å². The fourth-order valence-electron chi connectivity index (χ4n) is 2.40. The summed E-state index contributed by atoms with van der Waals surface area (Å²) in [6.07, 6.45) is 1.90. The Bertz CT molecular complexity index is 981. The molecule has 132 valence electrons. The highest BCUT2D eigenvalue weighted by atomic mass is 35.5. The summed E-state index contributed by atoms with van der Waals surface area (Å²) in [4.78, 5) is 16.1. The molecule has 3 aromatic rings. The van der Waals surface area contributed by atoms with Crippen LogP contribution < -0.4 is 5.73 Å². The molecule has 4 N–H and O–H groups in total. The Hall–Kier alpha value is -2.83. The van der Waals surface area contributed by atoms with Crippen LogP contribution in [-0.4, -0.2) is 27.4 Å². The molecule has 0 atom stereocenters. The molecule has 0 bridgehead atoms. The normalized spacial score (nSPS) is 11.2. The summed E-state index contributed by atoms with van der Waals surface area (Å²) in [5.74, 6) is -0.282. The first-order valence-electron chi connectivity index (χ1n) is 7.58. The molecular weight excluding hydrogens is 375 g/mol. The highest BCUT2D eigenvalue weighted by molar-refractivity contribution is 6.42. The van der Waals surface area contributed by atoms with Crippen molar-refractivity contribution < 1.29 is 9.90 Å². The van der Waals surface area contributed by atoms with Crippen LogP contribution in [0.15, 0.2) is 47.5 Å². The molecule has 8 heteroatoms. The van der Waals surface area contributed by atoms with Crippen LogP contribution in [0.2, 0.25) is 10.0 Å². The standard InChI is InChI=1S/C18H14Cl2N4O2/c19-13-6-3-11(7-14(13)20)8-15-16(17(21)26)18(24-23-15)22-9-10-1-4-12(25)5-2-10/h1-7,9,25H,8H2,(H2,21,26)(H,23,24). The molecule has 0 saturated carbocycles. The number of benzene rings is 2. The van der Waals surface area contributed by atoms with Gasteiger partial charge in [-0.25, -0.2) is 4.99 Å². The number of amides is 1. The molecule has 0 unspecified atom stereocenters. The van der Waals surface area contributed by atoms with Crippen molar-refractivity contribution in [2.24, 2.45) is 10.7 Å². The van der Waals surface area contributed by atoms with Gasteiger partial charge in [-0.3, -0.25) is 9.89 Å². The van der Waals surface area contributed by atoms with E-state index in [1.807, 2.05) is 0 Å². The van der Waals surface area contributed by atoms with Crippen molar-refractivity contribution in [3.8, 4) is 5.75 Å². The number of H-pyrrole nitrogens is 1. The number of nitrogens with two attached hydrogens (primary N) is 1. The number of nitrogens with zero attached hydrogens (tertiary/aromatic N) is 2. The lowest BCUT2D eigenvalue weighted by atomic mass is 10.1. The van der Waals surface area contributed by atoms with Crippen LogP contribution in [0.25, 0.3) is 0 Å². The van der Waals surface area contributed by atoms with Gasteiger partial charge in [0.25, 0.3) is 5.91 Å². The first-order chi connectivity index (χ1) is 12.4. The fraction of sp³-hybridized carbons (Fsp3) is 0.0556. The summed E-state index contributed by atoms with van der Waals surface area (Å²) in [5, 5.41) is 17.1. The molecule has 0 aliphatic heterocycles. The van der Waals surface area contributed by atoms with Crippen molar-refractivity contribution in [3.05, 3.63) is 74.9 Å². The van der Waals surface area contributed by atoms with Crippen molar-refractivity contribution in [2.45, 2.75) is 6.42 Å². The molecule has 0 aliphatic rings. The number of aromatic hydroxyl groups is 1. The lowest BCUT2D eigenvalue weighted by Crippen LogP contribution is -2.13. The first kappa shape index (κ1) is 18.0. The Morgan fingerprint density at radius 3 is 2.58 bits per heavy atom. The predicted molar refractivity (Wildman–Crippen MR) is 102 cm³/mol. The monoisotopic (exact) mass is 388 g/mol. The van der Waals surface area contributed by atoms with Crippen molar-refractivity contribution in [1.82, 2.24) is 10.2 Å². The van der Waals surface area contributed by atoms with Crippen LogP contribution in [0.5, 0.6) is 5.75 Å². The summed E-state index contributed by atoms with van der Waals surface area (Å²) >= 11 is 11.9. The second-order valence-corrected chi connectivity index (χ2v) is 6.35. The molecule has 0 radical (unpaired) electrons. The van der Waals surface area contributed by atoms with Crippen LogP contribution in [0.4, 0.5) is 5.82 Å². The number of phenolic OH excluding ortho intramolecular Hbond substituents is 1. The summed E-state index contributed by atoms with van der Waals surface area (Å²) in [5.41, 5.74) is 7.84. The van der Waals surface area contributed by atoms with Gasteiger partial charge in [-0.2, -0.15) is 5.10 Å². The number of carbonyl (C=O) groups is 1. The minimum atomic E-state index is -0.633. The Morgan fingerprint density at radius 2 is 1.92 bits per heavy atom. The number of hydrogen-bond acceptors (Lipinski definition) is 4. The zero-order chi connectivity index (χ0) is 18.7. The van der Waals surface area contributed by atoms with E-state index in [1.54, 1.807) is 30.3 Å². The second kappa shape index (κ2) is 7.59. The van der Waals surface area contributed by atoms with E-state index in [2.05, 4.69) is 15.2 Å². The maximum absolute atomic E-state index is 11.9. The maximum atomic E-state index is 11.9. The molecular formula is C18H14Cl2N4O2. The van der Waals surface area contributed by atoms with Crippen LogP contribution in [0.1, 0.15) is 27.2 Å². The summed E-state index contributed by atoms with van der Waals surface area (Å²) in [6, 6.07) is 11.7. The highest BCUT2D eigenvalue weighted by Crippen LogP contribution is 2.26. The Kier molecular flexibility index (Phi) is 5.25. The number of aromatic amines is 1. The van der Waals surface area contributed by atoms with Gasteiger partial charge in [0.05, 0.1) is 15.7 Å². The number of rotatable bonds is 5. The molecule has 1 aromatic heterocycles. The van der Waals surface area contributed by atoms with Gasteiger partial charge in [-0.05, 0) is 47.5 Å². The lowest BCUT2D eigenvalue weighted by molar-refractivity contribution is 0.100. The zero-order valence-electron chi connectivity index (χ0n) is 13.4. The smallest absolute Gasteiger partial charge is 0.254 e. The van der Waals surface area contributed by atoms with Gasteiger partial charge in [0.1, 0.15) is 11.3 Å². The minimum absolute atomic E-state index is 0.156. The third-order valence-electron chi connectivity index (χ3n) is 3.66. The summed E-state index contributed by atoms with van der Waals surface area (Å²) in [7, 11) is 0. The second-order valence-electron chi connectivity index (χ2n) is 5.54. The molecule has 0 fully saturated rings. The minimum Gasteiger partial charge on any atom is -0.508 e. The van der Waals surface area contributed by atoms with Crippen molar-refractivity contribution in [3.63, 3.8) is 0 Å². The van der Waals surface area contributed by atoms with Gasteiger partial charge in [-0.1, -0.05) is 29.3 Å². The molecule has 1 amide bonds. The van der Waals surface area contributed by atoms with Crippen molar-refractivity contribution in [2.75, 3.05) is 0 Å². The van der Waals surface area contributed by atoms with Crippen molar-refractivity contribution >= 4 is 41.1 Å². The maximum Gasteiger partial charge on any atom is 0.254 e. The largest absolute Gasteiger partial charge is 0.508 e. The number of hydrogen-bond donors (Lipinski definition) is 3. The van der Waals surface area contributed by atoms with Crippen LogP contribution >= 0.6 is 23.2 Å². The van der Waals surface area contributed by atoms with E-state index in [4.69, 9.17) is 28.9 Å². The third kappa shape index (κ3) is 4.04. The van der Waals surface area contributed by atoms with Crippen LogP contribution in [0.3, 0.4) is 0 Å². The Labute approximate surface area is 159 Å². The molecule has 1 heterocycles. The number of halogens is 2. The van der Waals surface area contributed by atoms with Gasteiger partial charge < -0.3 is 10.8 Å². The number of aliphatic imine (C=N–C) groups is 1. The van der Waals surface area contributed by atoms with Gasteiger partial charge in [0.15, 0.2) is 5.82 Å². The van der Waals surface area contributed by atoms with E-state index in [0.29, 0.717) is 22.2 Å². The van der Waals surface area contributed by atoms with Crippen LogP contribution in [0, 0.1) is 0 Å². The predicted octanol–water partition coefficient (Wildman–Crippen LogP) is 3.86. The van der Waals surface area contributed by atoms with Gasteiger partial charge in [-0.15, -0.1) is 0 Å². The first-order valence-corrected chi connectivity index (χ1v) is 8.33. The van der Waals surface area contributed by atoms with Gasteiger partial charge in [0.2, 0.25) is 0 Å².